The van der Waals surface area contributed by atoms with Crippen LogP contribution in [0.2, 0.25) is 0 Å². The number of aromatic nitrogens is 1. The molecular weight excluding hydrogens is 276 g/mol. The summed E-state index contributed by atoms with van der Waals surface area (Å²) in [6.07, 6.45) is 0.910. The number of carbonyl (C=O) groups excluding carboxylic acids is 1. The van der Waals surface area contributed by atoms with Crippen molar-refractivity contribution in [2.75, 3.05) is 26.8 Å². The van der Waals surface area contributed by atoms with E-state index in [0.717, 1.165) is 35.6 Å². The summed E-state index contributed by atoms with van der Waals surface area (Å²) in [7, 11) is 1.68. The van der Waals surface area contributed by atoms with Crippen LogP contribution in [0.15, 0.2) is 36.4 Å². The van der Waals surface area contributed by atoms with Crippen LogP contribution in [-0.4, -0.2) is 37.2 Å². The highest BCUT2D eigenvalue weighted by atomic mass is 16.5. The van der Waals surface area contributed by atoms with Crippen molar-refractivity contribution >= 4 is 5.78 Å². The Labute approximate surface area is 132 Å². The van der Waals surface area contributed by atoms with Gasteiger partial charge in [0.1, 0.15) is 0 Å². The van der Waals surface area contributed by atoms with Crippen molar-refractivity contribution in [2.45, 2.75) is 20.3 Å². The topological polar surface area (TPSA) is 43.3 Å². The summed E-state index contributed by atoms with van der Waals surface area (Å²) >= 11 is 0. The molecule has 0 saturated heterocycles. The molecule has 0 aliphatic rings. The zero-order valence-electron chi connectivity index (χ0n) is 13.6. The maximum absolute atomic E-state index is 12.4. The molecule has 1 aromatic heterocycles. The lowest BCUT2D eigenvalue weighted by atomic mass is 10.1. The molecule has 2 rings (SSSR count). The van der Waals surface area contributed by atoms with Crippen LogP contribution in [-0.2, 0) is 4.74 Å². The van der Waals surface area contributed by atoms with Crippen molar-refractivity contribution in [3.8, 4) is 5.69 Å². The number of ketones is 1. The Kier molecular flexibility index (Phi) is 5.92. The van der Waals surface area contributed by atoms with Crippen molar-refractivity contribution < 1.29 is 9.53 Å². The quantitative estimate of drug-likeness (QED) is 0.602. The number of carbonyl (C=O) groups is 1. The molecule has 1 heterocycles. The van der Waals surface area contributed by atoms with Crippen LogP contribution in [0.25, 0.3) is 5.69 Å². The molecule has 1 N–H and O–H groups in total. The molecule has 118 valence electrons. The molecule has 0 radical (unpaired) electrons. The van der Waals surface area contributed by atoms with Crippen LogP contribution in [0.1, 0.15) is 28.2 Å². The van der Waals surface area contributed by atoms with Crippen LogP contribution in [0.3, 0.4) is 0 Å². The van der Waals surface area contributed by atoms with Crippen LogP contribution >= 0.6 is 0 Å². The fraction of sp³-hybridized carbons (Fsp3) is 0.389. The first-order chi connectivity index (χ1) is 10.6. The van der Waals surface area contributed by atoms with Gasteiger partial charge in [-0.2, -0.15) is 0 Å². The van der Waals surface area contributed by atoms with E-state index in [1.54, 1.807) is 7.11 Å². The minimum absolute atomic E-state index is 0.132. The maximum atomic E-state index is 12.4. The molecule has 0 aliphatic carbocycles. The van der Waals surface area contributed by atoms with Gasteiger partial charge in [-0.15, -0.1) is 0 Å². The maximum Gasteiger partial charge on any atom is 0.178 e. The van der Waals surface area contributed by atoms with Gasteiger partial charge in [-0.05, 0) is 45.0 Å². The third-order valence-electron chi connectivity index (χ3n) is 3.73. The van der Waals surface area contributed by atoms with Crippen molar-refractivity contribution in [2.24, 2.45) is 0 Å². The van der Waals surface area contributed by atoms with E-state index in [1.807, 2.05) is 38.1 Å². The molecule has 0 aliphatic heterocycles. The van der Waals surface area contributed by atoms with E-state index in [-0.39, 0.29) is 5.78 Å². The van der Waals surface area contributed by atoms with Crippen molar-refractivity contribution in [1.29, 1.82) is 0 Å². The molecule has 22 heavy (non-hydrogen) atoms. The first kappa shape index (κ1) is 16.5. The van der Waals surface area contributed by atoms with Crippen molar-refractivity contribution in [3.63, 3.8) is 0 Å². The van der Waals surface area contributed by atoms with E-state index in [1.165, 1.54) is 0 Å². The minimum atomic E-state index is 0.132. The number of methoxy groups -OCH3 is 1. The Bertz CT molecular complexity index is 618. The molecular formula is C18H24N2O2. The first-order valence-electron chi connectivity index (χ1n) is 7.62. The number of ether oxygens (including phenoxy) is 1. The molecule has 0 amide bonds. The van der Waals surface area contributed by atoms with Crippen molar-refractivity contribution in [3.05, 3.63) is 53.3 Å². The fourth-order valence-electron chi connectivity index (χ4n) is 2.66. The van der Waals surface area contributed by atoms with E-state index < -0.39 is 0 Å². The Morgan fingerprint density at radius 3 is 2.64 bits per heavy atom. The average molecular weight is 300 g/mol. The third-order valence-corrected chi connectivity index (χ3v) is 3.73. The normalized spacial score (nSPS) is 10.9. The predicted molar refractivity (Wildman–Crippen MR) is 88.9 cm³/mol. The zero-order chi connectivity index (χ0) is 15.9. The second-order valence-corrected chi connectivity index (χ2v) is 5.40. The van der Waals surface area contributed by atoms with Gasteiger partial charge >= 0.3 is 0 Å². The van der Waals surface area contributed by atoms with Gasteiger partial charge < -0.3 is 14.6 Å². The number of para-hydroxylation sites is 1. The number of benzene rings is 1. The van der Waals surface area contributed by atoms with Crippen LogP contribution in [0, 0.1) is 13.8 Å². The van der Waals surface area contributed by atoms with Gasteiger partial charge in [-0.3, -0.25) is 4.79 Å². The summed E-state index contributed by atoms with van der Waals surface area (Å²) in [6.45, 7) is 5.89. The standard InChI is InChI=1S/C18H24N2O2/c1-14-12-17(18(21)13-19-10-7-11-22-3)15(2)20(14)16-8-5-4-6-9-16/h4-6,8-9,12,19H,7,10-11,13H2,1-3H3. The van der Waals surface area contributed by atoms with Crippen molar-refractivity contribution in [1.82, 2.24) is 9.88 Å². The van der Waals surface area contributed by atoms with Gasteiger partial charge in [0.25, 0.3) is 0 Å². The van der Waals surface area contributed by atoms with Crippen LogP contribution in [0.5, 0.6) is 0 Å². The van der Waals surface area contributed by atoms with E-state index in [4.69, 9.17) is 4.74 Å². The highest BCUT2D eigenvalue weighted by Gasteiger charge is 2.16. The number of nitrogens with one attached hydrogen (secondary N) is 1. The molecule has 0 bridgehead atoms. The second-order valence-electron chi connectivity index (χ2n) is 5.40. The third kappa shape index (κ3) is 3.84. The summed E-state index contributed by atoms with van der Waals surface area (Å²) in [5.74, 6) is 0.132. The van der Waals surface area contributed by atoms with E-state index in [0.29, 0.717) is 13.2 Å². The molecule has 0 saturated carbocycles. The second kappa shape index (κ2) is 7.92. The highest BCUT2D eigenvalue weighted by Crippen LogP contribution is 2.20. The monoisotopic (exact) mass is 300 g/mol. The van der Waals surface area contributed by atoms with Gasteiger partial charge in [-0.1, -0.05) is 18.2 Å². The summed E-state index contributed by atoms with van der Waals surface area (Å²) < 4.78 is 7.12. The lowest BCUT2D eigenvalue weighted by molar-refractivity contribution is 0.0989. The number of Topliss-reactive ketones (excluding diaryl/α,β-unsaturated/α-hetero) is 1. The number of aryl methyl sites for hydroxylation is 1. The smallest absolute Gasteiger partial charge is 0.178 e. The van der Waals surface area contributed by atoms with Gasteiger partial charge in [0.15, 0.2) is 5.78 Å². The Balaban J connectivity index is 2.08. The Morgan fingerprint density at radius 1 is 1.23 bits per heavy atom. The van der Waals surface area contributed by atoms with E-state index >= 15 is 0 Å². The summed E-state index contributed by atoms with van der Waals surface area (Å²) in [5.41, 5.74) is 3.95. The number of hydrogen-bond acceptors (Lipinski definition) is 3. The summed E-state index contributed by atoms with van der Waals surface area (Å²) in [5, 5.41) is 3.18. The van der Waals surface area contributed by atoms with E-state index in [2.05, 4.69) is 22.0 Å². The molecule has 0 unspecified atom stereocenters. The van der Waals surface area contributed by atoms with Gasteiger partial charge in [0.05, 0.1) is 6.54 Å². The highest BCUT2D eigenvalue weighted by molar-refractivity contribution is 5.99. The van der Waals surface area contributed by atoms with Gasteiger partial charge in [0, 0.05) is 36.4 Å². The molecule has 1 aromatic carbocycles. The fourth-order valence-corrected chi connectivity index (χ4v) is 2.66. The lowest BCUT2D eigenvalue weighted by Crippen LogP contribution is -2.25. The molecule has 0 fully saturated rings. The first-order valence-corrected chi connectivity index (χ1v) is 7.62. The number of nitrogens with zero attached hydrogens (tertiary/aromatic N) is 1. The molecule has 4 heteroatoms. The molecule has 0 atom stereocenters. The molecule has 4 nitrogen and oxygen atoms in total. The summed E-state index contributed by atoms with van der Waals surface area (Å²) in [4.78, 5) is 12.4. The Hall–Kier alpha value is -1.91. The SMILES string of the molecule is COCCCNCC(=O)c1cc(C)n(-c2ccccc2)c1C. The van der Waals surface area contributed by atoms with Crippen LogP contribution in [0.4, 0.5) is 0 Å². The number of rotatable bonds is 8. The minimum Gasteiger partial charge on any atom is -0.385 e. The largest absolute Gasteiger partial charge is 0.385 e. The van der Waals surface area contributed by atoms with Crippen LogP contribution < -0.4 is 5.32 Å². The molecule has 0 spiro atoms. The summed E-state index contributed by atoms with van der Waals surface area (Å²) in [6, 6.07) is 12.1. The van der Waals surface area contributed by atoms with Gasteiger partial charge in [0.2, 0.25) is 0 Å². The zero-order valence-corrected chi connectivity index (χ0v) is 13.6. The molecule has 2 aromatic rings. The average Bonchev–Trinajstić information content (AvgIpc) is 2.82. The van der Waals surface area contributed by atoms with E-state index in [9.17, 15) is 4.79 Å². The van der Waals surface area contributed by atoms with Gasteiger partial charge in [-0.25, -0.2) is 0 Å². The predicted octanol–water partition coefficient (Wildman–Crippen LogP) is 2.90. The lowest BCUT2D eigenvalue weighted by Gasteiger charge is -2.09. The number of hydrogen-bond donors (Lipinski definition) is 1. The Morgan fingerprint density at radius 2 is 1.95 bits per heavy atom.